The molecular formula is C31H22N2. The molecule has 0 aliphatic heterocycles. The van der Waals surface area contributed by atoms with Crippen molar-refractivity contribution in [3.8, 4) is 16.8 Å². The molecule has 0 bridgehead atoms. The summed E-state index contributed by atoms with van der Waals surface area (Å²) in [6.45, 7) is 2.13. The second-order valence-electron chi connectivity index (χ2n) is 8.82. The molecule has 7 rings (SSSR count). The number of hydrogen-bond acceptors (Lipinski definition) is 0. The highest BCUT2D eigenvalue weighted by atomic mass is 15.0. The van der Waals surface area contributed by atoms with Gasteiger partial charge in [0.2, 0.25) is 0 Å². The SMILES string of the molecule is Cc1ccc(-c2cccc(-n3c4ccccc4c4ccc5c6ccccc6[nH]c5c43)c2)cc1. The smallest absolute Gasteiger partial charge is 0.0783 e. The minimum atomic E-state index is 1.17. The number of fused-ring (bicyclic) bond motifs is 7. The van der Waals surface area contributed by atoms with Gasteiger partial charge in [-0.2, -0.15) is 0 Å². The lowest BCUT2D eigenvalue weighted by molar-refractivity contribution is 1.18. The Morgan fingerprint density at radius 1 is 0.576 bits per heavy atom. The number of benzene rings is 5. The van der Waals surface area contributed by atoms with E-state index in [1.165, 1.54) is 66.0 Å². The van der Waals surface area contributed by atoms with Crippen molar-refractivity contribution in [3.63, 3.8) is 0 Å². The Labute approximate surface area is 191 Å². The number of hydrogen-bond donors (Lipinski definition) is 1. The first-order valence-corrected chi connectivity index (χ1v) is 11.4. The van der Waals surface area contributed by atoms with E-state index in [2.05, 4.69) is 126 Å². The number of H-pyrrole nitrogens is 1. The number of aromatic amines is 1. The second kappa shape index (κ2) is 6.85. The van der Waals surface area contributed by atoms with Crippen LogP contribution >= 0.6 is 0 Å². The van der Waals surface area contributed by atoms with Crippen molar-refractivity contribution in [2.45, 2.75) is 6.92 Å². The normalized spacial score (nSPS) is 11.8. The number of nitrogens with zero attached hydrogens (tertiary/aromatic N) is 1. The number of rotatable bonds is 2. The monoisotopic (exact) mass is 422 g/mol. The summed E-state index contributed by atoms with van der Waals surface area (Å²) in [5.41, 5.74) is 9.71. The number of nitrogens with one attached hydrogen (secondary N) is 1. The molecule has 0 atom stereocenters. The molecular weight excluding hydrogens is 400 g/mol. The largest absolute Gasteiger partial charge is 0.353 e. The Bertz CT molecular complexity index is 1810. The first kappa shape index (κ1) is 18.3. The average Bonchev–Trinajstić information content (AvgIpc) is 3.40. The molecule has 33 heavy (non-hydrogen) atoms. The van der Waals surface area contributed by atoms with E-state index in [9.17, 15) is 0 Å². The van der Waals surface area contributed by atoms with Gasteiger partial charge in [0.15, 0.2) is 0 Å². The molecule has 0 aliphatic carbocycles. The number of aromatic nitrogens is 2. The number of aryl methyl sites for hydroxylation is 1. The molecule has 0 radical (unpaired) electrons. The molecule has 2 aromatic heterocycles. The Hall–Kier alpha value is -4.30. The van der Waals surface area contributed by atoms with Crippen LogP contribution in [-0.2, 0) is 0 Å². The summed E-state index contributed by atoms with van der Waals surface area (Å²) in [6.07, 6.45) is 0. The Morgan fingerprint density at radius 3 is 2.21 bits per heavy atom. The molecule has 7 aromatic rings. The quantitative estimate of drug-likeness (QED) is 0.289. The van der Waals surface area contributed by atoms with Crippen LogP contribution in [0.15, 0.2) is 109 Å². The molecule has 0 unspecified atom stereocenters. The fourth-order valence-corrected chi connectivity index (χ4v) is 5.21. The molecule has 156 valence electrons. The van der Waals surface area contributed by atoms with E-state index >= 15 is 0 Å². The van der Waals surface area contributed by atoms with Crippen molar-refractivity contribution in [1.82, 2.24) is 9.55 Å². The van der Waals surface area contributed by atoms with Crippen LogP contribution in [0.1, 0.15) is 5.56 Å². The van der Waals surface area contributed by atoms with E-state index in [1.54, 1.807) is 0 Å². The maximum absolute atomic E-state index is 3.72. The van der Waals surface area contributed by atoms with Crippen molar-refractivity contribution < 1.29 is 0 Å². The van der Waals surface area contributed by atoms with Crippen LogP contribution < -0.4 is 0 Å². The molecule has 5 aromatic carbocycles. The molecule has 2 heterocycles. The lowest BCUT2D eigenvalue weighted by Gasteiger charge is -2.11. The van der Waals surface area contributed by atoms with Crippen LogP contribution in [0, 0.1) is 6.92 Å². The lowest BCUT2D eigenvalue weighted by atomic mass is 10.0. The van der Waals surface area contributed by atoms with Crippen LogP contribution in [-0.4, -0.2) is 9.55 Å². The minimum absolute atomic E-state index is 1.17. The predicted molar refractivity (Wildman–Crippen MR) is 140 cm³/mol. The van der Waals surface area contributed by atoms with Crippen molar-refractivity contribution in [2.24, 2.45) is 0 Å². The van der Waals surface area contributed by atoms with Gasteiger partial charge < -0.3 is 9.55 Å². The molecule has 0 saturated carbocycles. The van der Waals surface area contributed by atoms with Crippen LogP contribution in [0.5, 0.6) is 0 Å². The maximum atomic E-state index is 3.72. The Morgan fingerprint density at radius 2 is 1.33 bits per heavy atom. The van der Waals surface area contributed by atoms with Gasteiger partial charge in [-0.05, 0) is 42.3 Å². The standard InChI is InChI=1S/C31H22N2/c1-20-13-15-21(16-14-20)22-7-6-8-23(19-22)33-29-12-5-3-10-25(29)27-18-17-26-24-9-2-4-11-28(24)32-30(26)31(27)33/h2-19,32H,1H3. The third-order valence-corrected chi connectivity index (χ3v) is 6.80. The highest BCUT2D eigenvalue weighted by Crippen LogP contribution is 2.39. The van der Waals surface area contributed by atoms with Crippen LogP contribution in [0.4, 0.5) is 0 Å². The van der Waals surface area contributed by atoms with Crippen LogP contribution in [0.2, 0.25) is 0 Å². The summed E-state index contributed by atoms with van der Waals surface area (Å²) in [7, 11) is 0. The van der Waals surface area contributed by atoms with Crippen molar-refractivity contribution in [2.75, 3.05) is 0 Å². The maximum Gasteiger partial charge on any atom is 0.0783 e. The zero-order valence-electron chi connectivity index (χ0n) is 18.3. The highest BCUT2D eigenvalue weighted by molar-refractivity contribution is 6.22. The highest BCUT2D eigenvalue weighted by Gasteiger charge is 2.17. The van der Waals surface area contributed by atoms with E-state index in [1.807, 2.05) is 0 Å². The first-order valence-electron chi connectivity index (χ1n) is 11.4. The van der Waals surface area contributed by atoms with Gasteiger partial charge >= 0.3 is 0 Å². The second-order valence-corrected chi connectivity index (χ2v) is 8.82. The van der Waals surface area contributed by atoms with Crippen LogP contribution in [0.25, 0.3) is 60.4 Å². The third kappa shape index (κ3) is 2.68. The molecule has 0 spiro atoms. The first-order chi connectivity index (χ1) is 16.3. The van der Waals surface area contributed by atoms with Crippen LogP contribution in [0.3, 0.4) is 0 Å². The van der Waals surface area contributed by atoms with Gasteiger partial charge in [-0.3, -0.25) is 0 Å². The third-order valence-electron chi connectivity index (χ3n) is 6.80. The van der Waals surface area contributed by atoms with E-state index in [-0.39, 0.29) is 0 Å². The lowest BCUT2D eigenvalue weighted by Crippen LogP contribution is -1.95. The molecule has 1 N–H and O–H groups in total. The van der Waals surface area contributed by atoms with Gasteiger partial charge in [0.1, 0.15) is 0 Å². The summed E-state index contributed by atoms with van der Waals surface area (Å²) >= 11 is 0. The number of para-hydroxylation sites is 2. The molecule has 2 heteroatoms. The Kier molecular flexibility index (Phi) is 3.80. The van der Waals surface area contributed by atoms with E-state index in [0.717, 1.165) is 0 Å². The fourth-order valence-electron chi connectivity index (χ4n) is 5.21. The summed E-state index contributed by atoms with van der Waals surface area (Å²) in [6, 6.07) is 39.5. The molecule has 0 fully saturated rings. The minimum Gasteiger partial charge on any atom is -0.353 e. The summed E-state index contributed by atoms with van der Waals surface area (Å²) in [4.78, 5) is 3.72. The van der Waals surface area contributed by atoms with Gasteiger partial charge in [-0.15, -0.1) is 0 Å². The molecule has 0 saturated heterocycles. The topological polar surface area (TPSA) is 20.7 Å². The van der Waals surface area contributed by atoms with Gasteiger partial charge in [-0.1, -0.05) is 90.5 Å². The predicted octanol–water partition coefficient (Wildman–Crippen LogP) is 8.39. The van der Waals surface area contributed by atoms with Gasteiger partial charge in [0.05, 0.1) is 16.6 Å². The zero-order chi connectivity index (χ0) is 21.9. The van der Waals surface area contributed by atoms with Gasteiger partial charge in [0, 0.05) is 32.7 Å². The van der Waals surface area contributed by atoms with E-state index in [0.29, 0.717) is 0 Å². The molecule has 0 aliphatic rings. The average molecular weight is 423 g/mol. The summed E-state index contributed by atoms with van der Waals surface area (Å²) in [5.74, 6) is 0. The molecule has 0 amide bonds. The molecule has 2 nitrogen and oxygen atoms in total. The summed E-state index contributed by atoms with van der Waals surface area (Å²) in [5, 5.41) is 5.07. The fraction of sp³-hybridized carbons (Fsp3) is 0.0323. The zero-order valence-corrected chi connectivity index (χ0v) is 18.3. The van der Waals surface area contributed by atoms with Crippen molar-refractivity contribution in [3.05, 3.63) is 115 Å². The van der Waals surface area contributed by atoms with Gasteiger partial charge in [0.25, 0.3) is 0 Å². The van der Waals surface area contributed by atoms with Gasteiger partial charge in [-0.25, -0.2) is 0 Å². The van der Waals surface area contributed by atoms with E-state index < -0.39 is 0 Å². The van der Waals surface area contributed by atoms with E-state index in [4.69, 9.17) is 0 Å². The summed E-state index contributed by atoms with van der Waals surface area (Å²) < 4.78 is 2.42. The van der Waals surface area contributed by atoms with Crippen molar-refractivity contribution in [1.29, 1.82) is 0 Å². The Balaban J connectivity index is 1.60. The van der Waals surface area contributed by atoms with Crippen molar-refractivity contribution >= 4 is 43.6 Å².